The molecule has 1 N–H and O–H groups in total. The van der Waals surface area contributed by atoms with Crippen molar-refractivity contribution in [3.8, 4) is 0 Å². The van der Waals surface area contributed by atoms with Crippen LogP contribution in [0.1, 0.15) is 29.9 Å². The molecule has 0 spiro atoms. The van der Waals surface area contributed by atoms with Gasteiger partial charge < -0.3 is 5.32 Å². The van der Waals surface area contributed by atoms with Gasteiger partial charge in [0.2, 0.25) is 0 Å². The molecule has 0 aliphatic heterocycles. The number of hydrogen-bond acceptors (Lipinski definition) is 1. The number of halogens is 2. The van der Waals surface area contributed by atoms with Gasteiger partial charge in [-0.05, 0) is 67.1 Å². The van der Waals surface area contributed by atoms with Crippen molar-refractivity contribution in [2.75, 3.05) is 5.32 Å². The predicted molar refractivity (Wildman–Crippen MR) is 82.0 cm³/mol. The summed E-state index contributed by atoms with van der Waals surface area (Å²) in [5.74, 6) is 0.453. The second kappa shape index (κ2) is 5.45. The number of hydrogen-bond donors (Lipinski definition) is 1. The SMILES string of the molecule is Cc1cc(NC2CC(c3ccc(Cl)cc3)C2)ccc1F. The molecule has 3 rings (SSSR count). The van der Waals surface area contributed by atoms with E-state index in [9.17, 15) is 4.39 Å². The second-order valence-corrected chi connectivity index (χ2v) is 5.96. The number of nitrogens with one attached hydrogen (secondary N) is 1. The summed E-state index contributed by atoms with van der Waals surface area (Å²) >= 11 is 5.90. The van der Waals surface area contributed by atoms with Gasteiger partial charge in [-0.3, -0.25) is 0 Å². The standard InChI is InChI=1S/C17H17ClFN/c1-11-8-15(6-7-17(11)19)20-16-9-13(10-16)12-2-4-14(18)5-3-12/h2-8,13,16,20H,9-10H2,1H3. The predicted octanol–water partition coefficient (Wildman–Crippen LogP) is 5.15. The molecule has 1 aliphatic rings. The minimum absolute atomic E-state index is 0.150. The third-order valence-corrected chi connectivity index (χ3v) is 4.26. The monoisotopic (exact) mass is 289 g/mol. The maximum atomic E-state index is 13.2. The molecule has 0 aromatic heterocycles. The van der Waals surface area contributed by atoms with Crippen molar-refractivity contribution in [1.82, 2.24) is 0 Å². The fourth-order valence-corrected chi connectivity index (χ4v) is 2.84. The third kappa shape index (κ3) is 2.80. The molecule has 0 atom stereocenters. The van der Waals surface area contributed by atoms with Crippen LogP contribution in [0.2, 0.25) is 5.02 Å². The van der Waals surface area contributed by atoms with Crippen LogP contribution in [-0.4, -0.2) is 6.04 Å². The topological polar surface area (TPSA) is 12.0 Å². The molecule has 1 aliphatic carbocycles. The maximum absolute atomic E-state index is 13.2. The summed E-state index contributed by atoms with van der Waals surface area (Å²) < 4.78 is 13.2. The molecule has 0 unspecified atom stereocenters. The van der Waals surface area contributed by atoms with E-state index in [1.165, 1.54) is 11.6 Å². The zero-order valence-corrected chi connectivity index (χ0v) is 12.1. The van der Waals surface area contributed by atoms with Gasteiger partial charge in [0.05, 0.1) is 0 Å². The molecule has 0 heterocycles. The molecule has 0 bridgehead atoms. The van der Waals surface area contributed by atoms with Crippen molar-refractivity contribution in [3.05, 3.63) is 64.4 Å². The molecule has 0 radical (unpaired) electrons. The van der Waals surface area contributed by atoms with E-state index in [-0.39, 0.29) is 5.82 Å². The van der Waals surface area contributed by atoms with Crippen molar-refractivity contribution < 1.29 is 4.39 Å². The van der Waals surface area contributed by atoms with Crippen LogP contribution in [0, 0.1) is 12.7 Å². The Morgan fingerprint density at radius 3 is 2.45 bits per heavy atom. The van der Waals surface area contributed by atoms with Gasteiger partial charge in [0.25, 0.3) is 0 Å². The molecule has 1 nitrogen and oxygen atoms in total. The van der Waals surface area contributed by atoms with Gasteiger partial charge in [0, 0.05) is 16.8 Å². The first-order valence-electron chi connectivity index (χ1n) is 6.90. The van der Waals surface area contributed by atoms with Crippen LogP contribution in [0.25, 0.3) is 0 Å². The minimum Gasteiger partial charge on any atom is -0.382 e. The van der Waals surface area contributed by atoms with Crippen LogP contribution in [0.4, 0.5) is 10.1 Å². The summed E-state index contributed by atoms with van der Waals surface area (Å²) in [4.78, 5) is 0. The van der Waals surface area contributed by atoms with E-state index in [0.29, 0.717) is 17.5 Å². The van der Waals surface area contributed by atoms with Gasteiger partial charge in [0.15, 0.2) is 0 Å². The Bertz CT molecular complexity index is 603. The molecule has 1 fully saturated rings. The van der Waals surface area contributed by atoms with Crippen molar-refractivity contribution in [2.45, 2.75) is 31.7 Å². The quantitative estimate of drug-likeness (QED) is 0.824. The molecule has 2 aromatic rings. The lowest BCUT2D eigenvalue weighted by Gasteiger charge is -2.37. The van der Waals surface area contributed by atoms with E-state index in [2.05, 4.69) is 17.4 Å². The lowest BCUT2D eigenvalue weighted by molar-refractivity contribution is 0.374. The number of rotatable bonds is 3. The van der Waals surface area contributed by atoms with Crippen molar-refractivity contribution in [2.24, 2.45) is 0 Å². The highest BCUT2D eigenvalue weighted by Gasteiger charge is 2.30. The molecule has 3 heteroatoms. The maximum Gasteiger partial charge on any atom is 0.126 e. The van der Waals surface area contributed by atoms with Crippen molar-refractivity contribution >= 4 is 17.3 Å². The summed E-state index contributed by atoms with van der Waals surface area (Å²) in [6.07, 6.45) is 2.22. The van der Waals surface area contributed by atoms with E-state index < -0.39 is 0 Å². The highest BCUT2D eigenvalue weighted by Crippen LogP contribution is 2.38. The fourth-order valence-electron chi connectivity index (χ4n) is 2.71. The largest absolute Gasteiger partial charge is 0.382 e. The van der Waals surface area contributed by atoms with Crippen molar-refractivity contribution in [1.29, 1.82) is 0 Å². The van der Waals surface area contributed by atoms with Gasteiger partial charge in [-0.2, -0.15) is 0 Å². The molecular formula is C17H17ClFN. The smallest absolute Gasteiger partial charge is 0.126 e. The normalized spacial score (nSPS) is 21.4. The Morgan fingerprint density at radius 2 is 1.80 bits per heavy atom. The first-order chi connectivity index (χ1) is 9.61. The summed E-state index contributed by atoms with van der Waals surface area (Å²) in [7, 11) is 0. The van der Waals surface area contributed by atoms with E-state index in [1.807, 2.05) is 18.2 Å². The lowest BCUT2D eigenvalue weighted by atomic mass is 9.76. The molecule has 1 saturated carbocycles. The van der Waals surface area contributed by atoms with Crippen LogP contribution >= 0.6 is 11.6 Å². The van der Waals surface area contributed by atoms with E-state index in [1.54, 1.807) is 13.0 Å². The Kier molecular flexibility index (Phi) is 3.66. The van der Waals surface area contributed by atoms with E-state index in [4.69, 9.17) is 11.6 Å². The van der Waals surface area contributed by atoms with Crippen LogP contribution in [0.15, 0.2) is 42.5 Å². The van der Waals surface area contributed by atoms with Crippen molar-refractivity contribution in [3.63, 3.8) is 0 Å². The highest BCUT2D eigenvalue weighted by atomic mass is 35.5. The number of aryl methyl sites for hydroxylation is 1. The Morgan fingerprint density at radius 1 is 1.10 bits per heavy atom. The van der Waals surface area contributed by atoms with Crippen LogP contribution in [0.3, 0.4) is 0 Å². The van der Waals surface area contributed by atoms with E-state index >= 15 is 0 Å². The zero-order valence-electron chi connectivity index (χ0n) is 11.4. The number of anilines is 1. The molecular weight excluding hydrogens is 273 g/mol. The minimum atomic E-state index is -0.150. The first-order valence-corrected chi connectivity index (χ1v) is 7.28. The Hall–Kier alpha value is -1.54. The van der Waals surface area contributed by atoms with Crippen LogP contribution in [0.5, 0.6) is 0 Å². The number of benzene rings is 2. The molecule has 0 amide bonds. The average molecular weight is 290 g/mol. The molecule has 104 valence electrons. The van der Waals surface area contributed by atoms with E-state index in [0.717, 1.165) is 23.6 Å². The second-order valence-electron chi connectivity index (χ2n) is 5.53. The van der Waals surface area contributed by atoms with Gasteiger partial charge in [0.1, 0.15) is 5.82 Å². The van der Waals surface area contributed by atoms with Gasteiger partial charge in [-0.1, -0.05) is 23.7 Å². The summed E-state index contributed by atoms with van der Waals surface area (Å²) in [6, 6.07) is 13.8. The first kappa shape index (κ1) is 13.4. The third-order valence-electron chi connectivity index (χ3n) is 4.01. The van der Waals surface area contributed by atoms with Gasteiger partial charge in [-0.15, -0.1) is 0 Å². The molecule has 2 aromatic carbocycles. The summed E-state index contributed by atoms with van der Waals surface area (Å²) in [5.41, 5.74) is 3.04. The fraction of sp³-hybridized carbons (Fsp3) is 0.294. The molecule has 20 heavy (non-hydrogen) atoms. The molecule has 0 saturated heterocycles. The zero-order chi connectivity index (χ0) is 14.1. The van der Waals surface area contributed by atoms with Crippen LogP contribution in [-0.2, 0) is 0 Å². The highest BCUT2D eigenvalue weighted by molar-refractivity contribution is 6.30. The summed E-state index contributed by atoms with van der Waals surface area (Å²) in [6.45, 7) is 1.79. The Balaban J connectivity index is 1.58. The van der Waals surface area contributed by atoms with Gasteiger partial charge >= 0.3 is 0 Å². The Labute approximate surface area is 123 Å². The average Bonchev–Trinajstić information content (AvgIpc) is 2.39. The van der Waals surface area contributed by atoms with Gasteiger partial charge in [-0.25, -0.2) is 4.39 Å². The van der Waals surface area contributed by atoms with Crippen LogP contribution < -0.4 is 5.32 Å². The summed E-state index contributed by atoms with van der Waals surface area (Å²) in [5, 5.41) is 4.25. The lowest BCUT2D eigenvalue weighted by Crippen LogP contribution is -2.34.